The maximum atomic E-state index is 12.5. The second kappa shape index (κ2) is 11.1. The van der Waals surface area contributed by atoms with Crippen molar-refractivity contribution in [2.75, 3.05) is 31.5 Å². The van der Waals surface area contributed by atoms with Crippen LogP contribution < -0.4 is 10.9 Å². The van der Waals surface area contributed by atoms with Gasteiger partial charge in [0.05, 0.1) is 5.52 Å². The van der Waals surface area contributed by atoms with Gasteiger partial charge in [0.2, 0.25) is 5.91 Å². The summed E-state index contributed by atoms with van der Waals surface area (Å²) in [5.74, 6) is 1.60. The first-order chi connectivity index (χ1) is 18.3. The van der Waals surface area contributed by atoms with Crippen LogP contribution in [0.15, 0.2) is 66.1 Å². The fourth-order valence-electron chi connectivity index (χ4n) is 5.62. The molecule has 2 atom stereocenters. The van der Waals surface area contributed by atoms with E-state index in [2.05, 4.69) is 53.0 Å². The molecule has 0 unspecified atom stereocenters. The number of nitrogens with one attached hydrogen (secondary N) is 1. The molecule has 1 aliphatic heterocycles. The first-order valence-electron chi connectivity index (χ1n) is 13.9. The third-order valence-electron chi connectivity index (χ3n) is 8.01. The summed E-state index contributed by atoms with van der Waals surface area (Å²) in [5.41, 5.74) is 3.44. The van der Waals surface area contributed by atoms with E-state index in [1.807, 2.05) is 41.6 Å². The van der Waals surface area contributed by atoms with E-state index in [9.17, 15) is 9.59 Å². The number of carbonyl (C=O) groups is 1. The predicted molar refractivity (Wildman–Crippen MR) is 153 cm³/mol. The summed E-state index contributed by atoms with van der Waals surface area (Å²) in [4.78, 5) is 33.5. The van der Waals surface area contributed by atoms with E-state index in [-0.39, 0.29) is 23.6 Å². The number of carbonyl (C=O) groups excluding carboxylic acids is 1. The van der Waals surface area contributed by atoms with Gasteiger partial charge in [-0.15, -0.1) is 0 Å². The van der Waals surface area contributed by atoms with Gasteiger partial charge in [0.15, 0.2) is 0 Å². The van der Waals surface area contributed by atoms with Gasteiger partial charge in [-0.3, -0.25) is 14.5 Å². The lowest BCUT2D eigenvalue weighted by Crippen LogP contribution is -2.49. The van der Waals surface area contributed by atoms with E-state index < -0.39 is 0 Å². The zero-order chi connectivity index (χ0) is 26.8. The molecule has 1 aromatic carbocycles. The van der Waals surface area contributed by atoms with Crippen molar-refractivity contribution in [1.82, 2.24) is 19.4 Å². The van der Waals surface area contributed by atoms with Crippen molar-refractivity contribution >= 4 is 22.6 Å². The van der Waals surface area contributed by atoms with Gasteiger partial charge in [-0.25, -0.2) is 4.98 Å². The topological polar surface area (TPSA) is 70.5 Å². The molecule has 38 heavy (non-hydrogen) atoms. The van der Waals surface area contributed by atoms with Crippen LogP contribution in [0.4, 0.5) is 5.82 Å². The van der Waals surface area contributed by atoms with Crippen LogP contribution in [0.3, 0.4) is 0 Å². The molecule has 2 fully saturated rings. The van der Waals surface area contributed by atoms with Crippen molar-refractivity contribution in [3.63, 3.8) is 0 Å². The number of amides is 1. The molecule has 2 aromatic heterocycles. The average Bonchev–Trinajstić information content (AvgIpc) is 3.75. The highest BCUT2D eigenvalue weighted by atomic mass is 16.2. The summed E-state index contributed by atoms with van der Waals surface area (Å²) in [7, 11) is 0. The number of rotatable bonds is 9. The van der Waals surface area contributed by atoms with E-state index >= 15 is 0 Å². The largest absolute Gasteiger partial charge is 0.363 e. The molecule has 200 valence electrons. The molecule has 0 bridgehead atoms. The van der Waals surface area contributed by atoms with Gasteiger partial charge < -0.3 is 14.8 Å². The molecule has 7 heteroatoms. The van der Waals surface area contributed by atoms with Crippen molar-refractivity contribution in [1.29, 1.82) is 0 Å². The molecular formula is C31H39N5O2. The number of hydrogen-bond acceptors (Lipinski definition) is 5. The summed E-state index contributed by atoms with van der Waals surface area (Å²) in [6.45, 7) is 13.1. The van der Waals surface area contributed by atoms with Crippen molar-refractivity contribution in [3.8, 4) is 0 Å². The molecule has 0 spiro atoms. The van der Waals surface area contributed by atoms with Crippen LogP contribution in [-0.4, -0.2) is 51.4 Å². The van der Waals surface area contributed by atoms with Gasteiger partial charge in [0.25, 0.3) is 5.56 Å². The van der Waals surface area contributed by atoms with E-state index in [1.54, 1.807) is 6.07 Å². The number of aromatic nitrogens is 2. The summed E-state index contributed by atoms with van der Waals surface area (Å²) in [6.07, 6.45) is 7.08. The highest BCUT2D eigenvalue weighted by Gasteiger charge is 2.32. The minimum absolute atomic E-state index is 0.00255. The van der Waals surface area contributed by atoms with Gasteiger partial charge in [0, 0.05) is 68.0 Å². The Hall–Kier alpha value is -3.45. The van der Waals surface area contributed by atoms with Crippen molar-refractivity contribution in [2.45, 2.75) is 58.2 Å². The maximum Gasteiger partial charge on any atom is 0.251 e. The first kappa shape index (κ1) is 26.2. The van der Waals surface area contributed by atoms with Gasteiger partial charge >= 0.3 is 0 Å². The number of piperazine rings is 1. The summed E-state index contributed by atoms with van der Waals surface area (Å²) >= 11 is 0. The van der Waals surface area contributed by atoms with Crippen LogP contribution in [0.5, 0.6) is 0 Å². The number of pyridine rings is 2. The third kappa shape index (κ3) is 5.68. The number of benzene rings is 1. The quantitative estimate of drug-likeness (QED) is 0.392. The molecular weight excluding hydrogens is 474 g/mol. The lowest BCUT2D eigenvalue weighted by atomic mass is 9.96. The Balaban J connectivity index is 1.30. The van der Waals surface area contributed by atoms with E-state index in [4.69, 9.17) is 0 Å². The standard InChI is InChI=1S/C31H39N5O2/c1-5-30(37)35-16-14-34(15-17-35)27(18-23-6-7-23)25-10-8-24(9-11-25)22(4)33-29-19-28-26(20-32-29)12-13-31(38)36(28)21(2)3/h5,8-13,19-23,27H,1,6-7,14-18H2,2-4H3,(H,32,33)/t22-,27-/m0/s1. The smallest absolute Gasteiger partial charge is 0.251 e. The lowest BCUT2D eigenvalue weighted by Gasteiger charge is -2.39. The van der Waals surface area contributed by atoms with E-state index in [1.165, 1.54) is 36.5 Å². The van der Waals surface area contributed by atoms with Crippen molar-refractivity contribution in [2.24, 2.45) is 5.92 Å². The van der Waals surface area contributed by atoms with E-state index in [0.717, 1.165) is 48.8 Å². The molecule has 1 N–H and O–H groups in total. The molecule has 5 rings (SSSR count). The van der Waals surface area contributed by atoms with Crippen LogP contribution in [0.1, 0.15) is 69.3 Å². The second-order valence-corrected chi connectivity index (χ2v) is 11.1. The first-order valence-corrected chi connectivity index (χ1v) is 13.9. The molecule has 3 aromatic rings. The normalized spacial score (nSPS) is 17.9. The van der Waals surface area contributed by atoms with Crippen LogP contribution in [0, 0.1) is 5.92 Å². The molecule has 0 radical (unpaired) electrons. The second-order valence-electron chi connectivity index (χ2n) is 11.1. The number of fused-ring (bicyclic) bond motifs is 1. The SMILES string of the molecule is C=CC(=O)N1CCN([C@@H](CC2CC2)c2ccc([C@H](C)Nc3cc4c(ccc(=O)n4C(C)C)cn3)cc2)CC1. The van der Waals surface area contributed by atoms with Gasteiger partial charge in [-0.2, -0.15) is 0 Å². The number of nitrogens with zero attached hydrogens (tertiary/aromatic N) is 4. The zero-order valence-electron chi connectivity index (χ0n) is 22.8. The Morgan fingerprint density at radius 2 is 1.74 bits per heavy atom. The van der Waals surface area contributed by atoms with Crippen LogP contribution in [0.2, 0.25) is 0 Å². The van der Waals surface area contributed by atoms with Crippen molar-refractivity contribution < 1.29 is 4.79 Å². The molecule has 3 heterocycles. The minimum atomic E-state index is 0.00255. The number of hydrogen-bond donors (Lipinski definition) is 1. The van der Waals surface area contributed by atoms with Crippen LogP contribution >= 0.6 is 0 Å². The monoisotopic (exact) mass is 513 g/mol. The third-order valence-corrected chi connectivity index (χ3v) is 8.01. The molecule has 1 amide bonds. The van der Waals surface area contributed by atoms with Crippen LogP contribution in [0.25, 0.3) is 10.9 Å². The Morgan fingerprint density at radius 1 is 1.05 bits per heavy atom. The van der Waals surface area contributed by atoms with E-state index in [0.29, 0.717) is 6.04 Å². The summed E-state index contributed by atoms with van der Waals surface area (Å²) < 4.78 is 1.81. The molecule has 1 saturated carbocycles. The highest BCUT2D eigenvalue weighted by Crippen LogP contribution is 2.40. The Kier molecular flexibility index (Phi) is 7.65. The molecule has 7 nitrogen and oxygen atoms in total. The Morgan fingerprint density at radius 3 is 2.37 bits per heavy atom. The average molecular weight is 514 g/mol. The van der Waals surface area contributed by atoms with Gasteiger partial charge in [-0.05, 0) is 56.4 Å². The fourth-order valence-corrected chi connectivity index (χ4v) is 5.62. The number of anilines is 1. The van der Waals surface area contributed by atoms with Gasteiger partial charge in [-0.1, -0.05) is 43.7 Å². The zero-order valence-corrected chi connectivity index (χ0v) is 22.8. The Labute approximate surface area is 225 Å². The van der Waals surface area contributed by atoms with Gasteiger partial charge in [0.1, 0.15) is 5.82 Å². The lowest BCUT2D eigenvalue weighted by molar-refractivity contribution is -0.128. The fraction of sp³-hybridized carbons (Fsp3) is 0.452. The summed E-state index contributed by atoms with van der Waals surface area (Å²) in [5, 5.41) is 4.48. The maximum absolute atomic E-state index is 12.5. The predicted octanol–water partition coefficient (Wildman–Crippen LogP) is 5.32. The Bertz CT molecular complexity index is 1350. The highest BCUT2D eigenvalue weighted by molar-refractivity contribution is 5.87. The molecule has 1 saturated heterocycles. The minimum Gasteiger partial charge on any atom is -0.363 e. The van der Waals surface area contributed by atoms with Crippen LogP contribution in [-0.2, 0) is 4.79 Å². The molecule has 1 aliphatic carbocycles. The molecule has 2 aliphatic rings. The summed E-state index contributed by atoms with van der Waals surface area (Å²) in [6, 6.07) is 14.9. The van der Waals surface area contributed by atoms with Crippen molar-refractivity contribution in [3.05, 3.63) is 82.8 Å².